The second kappa shape index (κ2) is 6.57. The van der Waals surface area contributed by atoms with Crippen LogP contribution in [0.2, 0.25) is 5.02 Å². The number of ether oxygens (including phenoxy) is 2. The Morgan fingerprint density at radius 1 is 0.933 bits per heavy atom. The van der Waals surface area contributed by atoms with E-state index in [2.05, 4.69) is 0 Å². The van der Waals surface area contributed by atoms with Crippen LogP contribution in [0.25, 0.3) is 0 Å². The molecule has 2 N–H and O–H groups in total. The highest BCUT2D eigenvalue weighted by atomic mass is 35.5. The van der Waals surface area contributed by atoms with Gasteiger partial charge in [0.2, 0.25) is 0 Å². The first kappa shape index (κ1) is 19.1. The number of hydrogen-bond donors (Lipinski definition) is 2. The molecule has 0 saturated carbocycles. The Morgan fingerprint density at radius 2 is 1.57 bits per heavy atom. The largest absolute Gasteiger partial charge is 0.497 e. The lowest BCUT2D eigenvalue weighted by Crippen LogP contribution is -2.57. The Labute approximate surface area is 178 Å². The zero-order valence-corrected chi connectivity index (χ0v) is 16.9. The minimum absolute atomic E-state index is 0.00684. The number of methoxy groups -OCH3 is 1. The van der Waals surface area contributed by atoms with Gasteiger partial charge in [0, 0.05) is 11.4 Å². The third-order valence-electron chi connectivity index (χ3n) is 6.19. The summed E-state index contributed by atoms with van der Waals surface area (Å²) in [6, 6.07) is 18.7. The minimum Gasteiger partial charge on any atom is -0.497 e. The molecule has 152 valence electrons. The molecule has 0 aliphatic heterocycles. The normalized spacial score (nSPS) is 25.9. The van der Waals surface area contributed by atoms with Gasteiger partial charge in [-0.2, -0.15) is 0 Å². The summed E-state index contributed by atoms with van der Waals surface area (Å²) in [6.45, 7) is 0. The number of halogens is 1. The van der Waals surface area contributed by atoms with Crippen LogP contribution in [0.3, 0.4) is 0 Å². The van der Waals surface area contributed by atoms with Gasteiger partial charge in [-0.3, -0.25) is 4.79 Å². The van der Waals surface area contributed by atoms with E-state index in [1.807, 2.05) is 6.07 Å². The van der Waals surface area contributed by atoms with E-state index in [-0.39, 0.29) is 6.42 Å². The molecule has 3 unspecified atom stereocenters. The number of carbonyl (C=O) groups is 1. The van der Waals surface area contributed by atoms with Crippen LogP contribution in [-0.2, 0) is 16.0 Å². The highest BCUT2D eigenvalue weighted by Gasteiger charge is 2.62. The zero-order valence-electron chi connectivity index (χ0n) is 16.1. The van der Waals surface area contributed by atoms with E-state index >= 15 is 0 Å². The molecule has 5 nitrogen and oxygen atoms in total. The summed E-state index contributed by atoms with van der Waals surface area (Å²) in [4.78, 5) is 13.2. The van der Waals surface area contributed by atoms with Gasteiger partial charge in [0.25, 0.3) is 0 Å². The third kappa shape index (κ3) is 2.53. The van der Waals surface area contributed by atoms with Gasteiger partial charge in [0.05, 0.1) is 13.0 Å². The van der Waals surface area contributed by atoms with Gasteiger partial charge in [0.1, 0.15) is 22.7 Å². The highest BCUT2D eigenvalue weighted by molar-refractivity contribution is 6.30. The van der Waals surface area contributed by atoms with E-state index < -0.39 is 23.1 Å². The molecule has 0 amide bonds. The molecule has 0 aromatic heterocycles. The molecule has 30 heavy (non-hydrogen) atoms. The van der Waals surface area contributed by atoms with Crippen molar-refractivity contribution in [2.24, 2.45) is 5.92 Å². The second-order valence-corrected chi connectivity index (χ2v) is 8.15. The lowest BCUT2D eigenvalue weighted by Gasteiger charge is -2.53. The van der Waals surface area contributed by atoms with Crippen LogP contribution in [0.1, 0.15) is 28.7 Å². The van der Waals surface area contributed by atoms with Crippen molar-refractivity contribution < 1.29 is 24.5 Å². The number of hydrogen-bond acceptors (Lipinski definition) is 5. The van der Waals surface area contributed by atoms with Crippen molar-refractivity contribution in [1.29, 1.82) is 0 Å². The lowest BCUT2D eigenvalue weighted by atomic mass is 9.54. The molecule has 6 heteroatoms. The van der Waals surface area contributed by atoms with E-state index in [1.54, 1.807) is 67.8 Å². The molecular formula is C24H19ClO5. The maximum atomic E-state index is 13.2. The molecule has 0 heterocycles. The topological polar surface area (TPSA) is 76.0 Å². The first-order chi connectivity index (χ1) is 14.4. The number of fused-ring (bicyclic) bond motifs is 1. The number of aliphatic hydroxyl groups is 2. The van der Waals surface area contributed by atoms with E-state index in [0.29, 0.717) is 38.8 Å². The average molecular weight is 423 g/mol. The second-order valence-electron chi connectivity index (χ2n) is 7.72. The fraction of sp³-hybridized carbons (Fsp3) is 0.208. The first-order valence-corrected chi connectivity index (χ1v) is 9.96. The fourth-order valence-corrected chi connectivity index (χ4v) is 4.90. The molecule has 3 atom stereocenters. The van der Waals surface area contributed by atoms with Crippen molar-refractivity contribution >= 4 is 17.6 Å². The predicted octanol–water partition coefficient (Wildman–Crippen LogP) is 3.76. The summed E-state index contributed by atoms with van der Waals surface area (Å²) in [5.41, 5.74) is -0.966. The Kier molecular flexibility index (Phi) is 4.19. The highest BCUT2D eigenvalue weighted by Crippen LogP contribution is 2.60. The van der Waals surface area contributed by atoms with Crippen LogP contribution in [0, 0.1) is 5.92 Å². The Bertz CT molecular complexity index is 1160. The van der Waals surface area contributed by atoms with Crippen LogP contribution < -0.4 is 9.47 Å². The van der Waals surface area contributed by atoms with Crippen molar-refractivity contribution in [3.8, 4) is 11.5 Å². The maximum Gasteiger partial charge on any atom is 0.318 e. The Morgan fingerprint density at radius 3 is 2.27 bits per heavy atom. The number of rotatable bonds is 3. The predicted molar refractivity (Wildman–Crippen MR) is 111 cm³/mol. The van der Waals surface area contributed by atoms with Crippen LogP contribution in [0.15, 0.2) is 66.7 Å². The van der Waals surface area contributed by atoms with E-state index in [9.17, 15) is 15.0 Å². The molecule has 6 rings (SSSR count). The van der Waals surface area contributed by atoms with Gasteiger partial charge in [0.15, 0.2) is 0 Å². The Hall–Kier alpha value is -2.86. The van der Waals surface area contributed by atoms with Gasteiger partial charge in [-0.25, -0.2) is 0 Å². The van der Waals surface area contributed by atoms with Crippen molar-refractivity contribution in [1.82, 2.24) is 0 Å². The molecule has 3 aliphatic carbocycles. The standard InChI is InChI=1S/C24H19ClO5/c1-29-16-10-11-19-20(12-16)23(27)13-21(22(26)30-15-8-6-14(25)7-9-15)24(19,28)18-5-3-2-4-17(18)23/h2-12,21,27-28H,13H2,1H3. The van der Waals surface area contributed by atoms with Crippen molar-refractivity contribution in [2.75, 3.05) is 7.11 Å². The van der Waals surface area contributed by atoms with E-state index in [0.717, 1.165) is 0 Å². The summed E-state index contributed by atoms with van der Waals surface area (Å²) in [7, 11) is 1.54. The van der Waals surface area contributed by atoms with Gasteiger partial charge >= 0.3 is 5.97 Å². The van der Waals surface area contributed by atoms with Crippen LogP contribution in [0.5, 0.6) is 11.5 Å². The summed E-state index contributed by atoms with van der Waals surface area (Å²) in [5, 5.41) is 24.3. The molecule has 0 spiro atoms. The fourth-order valence-electron chi connectivity index (χ4n) is 4.77. The lowest BCUT2D eigenvalue weighted by molar-refractivity contribution is -0.157. The molecule has 0 saturated heterocycles. The van der Waals surface area contributed by atoms with Gasteiger partial charge < -0.3 is 19.7 Å². The van der Waals surface area contributed by atoms with Crippen molar-refractivity contribution in [3.63, 3.8) is 0 Å². The van der Waals surface area contributed by atoms with Crippen LogP contribution in [0.4, 0.5) is 0 Å². The smallest absolute Gasteiger partial charge is 0.318 e. The van der Waals surface area contributed by atoms with E-state index in [4.69, 9.17) is 21.1 Å². The van der Waals surface area contributed by atoms with E-state index in [1.165, 1.54) is 0 Å². The zero-order chi connectivity index (χ0) is 21.1. The third-order valence-corrected chi connectivity index (χ3v) is 6.44. The monoisotopic (exact) mass is 422 g/mol. The van der Waals surface area contributed by atoms with Gasteiger partial charge in [-0.1, -0.05) is 41.9 Å². The van der Waals surface area contributed by atoms with Crippen molar-refractivity contribution in [2.45, 2.75) is 17.6 Å². The number of benzene rings is 3. The van der Waals surface area contributed by atoms with Crippen molar-refractivity contribution in [3.05, 3.63) is 94.0 Å². The first-order valence-electron chi connectivity index (χ1n) is 9.59. The molecule has 0 fully saturated rings. The van der Waals surface area contributed by atoms with Gasteiger partial charge in [-0.15, -0.1) is 0 Å². The summed E-state index contributed by atoms with van der Waals surface area (Å²) < 4.78 is 10.9. The minimum atomic E-state index is -1.63. The molecule has 2 bridgehead atoms. The maximum absolute atomic E-state index is 13.2. The average Bonchev–Trinajstić information content (AvgIpc) is 2.77. The molecule has 3 aromatic carbocycles. The van der Waals surface area contributed by atoms with Crippen LogP contribution in [-0.4, -0.2) is 23.3 Å². The summed E-state index contributed by atoms with van der Waals surface area (Å²) in [5.74, 6) is -0.719. The molecular weight excluding hydrogens is 404 g/mol. The quantitative estimate of drug-likeness (QED) is 0.496. The van der Waals surface area contributed by atoms with Gasteiger partial charge in [-0.05, 0) is 58.7 Å². The SMILES string of the molecule is COc1ccc2c(c1)C1(O)CC(C(=O)Oc3ccc(Cl)cc3)C2(O)c2ccccc21. The van der Waals surface area contributed by atoms with Crippen LogP contribution >= 0.6 is 11.6 Å². The number of carbonyl (C=O) groups excluding carboxylic acids is 1. The number of esters is 1. The summed E-state index contributed by atoms with van der Waals surface area (Å²) in [6.07, 6.45) is -0.00684. The molecule has 3 aliphatic rings. The Balaban J connectivity index is 1.65. The molecule has 3 aromatic rings. The molecule has 0 radical (unpaired) electrons. The summed E-state index contributed by atoms with van der Waals surface area (Å²) >= 11 is 5.90.